The summed E-state index contributed by atoms with van der Waals surface area (Å²) in [5, 5.41) is 6.04. The first-order valence-corrected chi connectivity index (χ1v) is 7.35. The van der Waals surface area contributed by atoms with E-state index in [1.165, 1.54) is 0 Å². The standard InChI is InChI=1S/C17H21N3O2/c1-4-22-15-8-5-13(6-9-15)20-17(21)16-10-7-14(11-18-16)19-12(2)3/h5-12,19H,4H2,1-3H3,(H,20,21). The van der Waals surface area contributed by atoms with Crippen LogP contribution in [0.4, 0.5) is 11.4 Å². The highest BCUT2D eigenvalue weighted by molar-refractivity contribution is 6.02. The lowest BCUT2D eigenvalue weighted by molar-refractivity contribution is 0.102. The van der Waals surface area contributed by atoms with Gasteiger partial charge in [-0.15, -0.1) is 0 Å². The molecule has 0 saturated heterocycles. The highest BCUT2D eigenvalue weighted by Crippen LogP contribution is 2.16. The van der Waals surface area contributed by atoms with Crippen LogP contribution in [-0.4, -0.2) is 23.5 Å². The van der Waals surface area contributed by atoms with Crippen LogP contribution in [0.3, 0.4) is 0 Å². The number of amides is 1. The molecule has 0 radical (unpaired) electrons. The van der Waals surface area contributed by atoms with Crippen LogP contribution in [0, 0.1) is 0 Å². The summed E-state index contributed by atoms with van der Waals surface area (Å²) in [6, 6.07) is 11.1. The topological polar surface area (TPSA) is 63.2 Å². The van der Waals surface area contributed by atoms with E-state index in [9.17, 15) is 4.79 Å². The maximum atomic E-state index is 12.1. The molecule has 1 aromatic heterocycles. The van der Waals surface area contributed by atoms with E-state index in [0.717, 1.165) is 11.4 Å². The number of nitrogens with one attached hydrogen (secondary N) is 2. The monoisotopic (exact) mass is 299 g/mol. The number of nitrogens with zero attached hydrogens (tertiary/aromatic N) is 1. The van der Waals surface area contributed by atoms with Crippen LogP contribution < -0.4 is 15.4 Å². The van der Waals surface area contributed by atoms with Crippen LogP contribution in [0.25, 0.3) is 0 Å². The second-order valence-electron chi connectivity index (χ2n) is 5.14. The second kappa shape index (κ2) is 7.45. The van der Waals surface area contributed by atoms with Gasteiger partial charge in [0, 0.05) is 11.7 Å². The number of benzene rings is 1. The summed E-state index contributed by atoms with van der Waals surface area (Å²) in [5.41, 5.74) is 1.98. The fraction of sp³-hybridized carbons (Fsp3) is 0.294. The molecule has 116 valence electrons. The average Bonchev–Trinajstić information content (AvgIpc) is 2.49. The molecular weight excluding hydrogens is 278 g/mol. The molecule has 0 aliphatic carbocycles. The summed E-state index contributed by atoms with van der Waals surface area (Å²) in [6.45, 7) is 6.64. The van der Waals surface area contributed by atoms with Gasteiger partial charge in [-0.1, -0.05) is 0 Å². The predicted octanol–water partition coefficient (Wildman–Crippen LogP) is 3.55. The van der Waals surface area contributed by atoms with E-state index in [0.29, 0.717) is 24.0 Å². The first-order chi connectivity index (χ1) is 10.6. The summed E-state index contributed by atoms with van der Waals surface area (Å²) in [5.74, 6) is 0.544. The third-order valence-electron chi connectivity index (χ3n) is 2.87. The third kappa shape index (κ3) is 4.48. The van der Waals surface area contributed by atoms with Crippen molar-refractivity contribution in [1.29, 1.82) is 0 Å². The normalized spacial score (nSPS) is 10.4. The van der Waals surface area contributed by atoms with E-state index in [-0.39, 0.29) is 5.91 Å². The molecule has 1 aromatic carbocycles. The zero-order chi connectivity index (χ0) is 15.9. The van der Waals surface area contributed by atoms with Crippen molar-refractivity contribution in [2.45, 2.75) is 26.8 Å². The third-order valence-corrected chi connectivity index (χ3v) is 2.87. The van der Waals surface area contributed by atoms with E-state index in [1.54, 1.807) is 24.4 Å². The van der Waals surface area contributed by atoms with Gasteiger partial charge >= 0.3 is 0 Å². The molecule has 0 atom stereocenters. The molecule has 1 amide bonds. The molecule has 1 heterocycles. The van der Waals surface area contributed by atoms with Crippen LogP contribution in [0.15, 0.2) is 42.6 Å². The molecule has 0 aliphatic heterocycles. The highest BCUT2D eigenvalue weighted by Gasteiger charge is 2.08. The smallest absolute Gasteiger partial charge is 0.274 e. The number of carbonyl (C=O) groups is 1. The number of carbonyl (C=O) groups excluding carboxylic acids is 1. The Kier molecular flexibility index (Phi) is 5.36. The van der Waals surface area contributed by atoms with Gasteiger partial charge in [-0.25, -0.2) is 4.98 Å². The van der Waals surface area contributed by atoms with Crippen LogP contribution in [-0.2, 0) is 0 Å². The molecule has 22 heavy (non-hydrogen) atoms. The summed E-state index contributed by atoms with van der Waals surface area (Å²) in [7, 11) is 0. The van der Waals surface area contributed by atoms with Crippen LogP contribution in [0.1, 0.15) is 31.3 Å². The Hall–Kier alpha value is -2.56. The molecule has 0 aliphatic rings. The van der Waals surface area contributed by atoms with E-state index < -0.39 is 0 Å². The summed E-state index contributed by atoms with van der Waals surface area (Å²) in [4.78, 5) is 16.3. The highest BCUT2D eigenvalue weighted by atomic mass is 16.5. The van der Waals surface area contributed by atoms with Gasteiger partial charge in [0.15, 0.2) is 0 Å². The fourth-order valence-corrected chi connectivity index (χ4v) is 1.94. The van der Waals surface area contributed by atoms with Crippen molar-refractivity contribution in [1.82, 2.24) is 4.98 Å². The first kappa shape index (κ1) is 15.8. The molecule has 0 bridgehead atoms. The Labute approximate surface area is 130 Å². The Morgan fingerprint density at radius 3 is 2.36 bits per heavy atom. The van der Waals surface area contributed by atoms with Crippen molar-refractivity contribution < 1.29 is 9.53 Å². The largest absolute Gasteiger partial charge is 0.494 e. The van der Waals surface area contributed by atoms with Gasteiger partial charge < -0.3 is 15.4 Å². The summed E-state index contributed by atoms with van der Waals surface area (Å²) in [6.07, 6.45) is 1.66. The first-order valence-electron chi connectivity index (χ1n) is 7.35. The number of hydrogen-bond acceptors (Lipinski definition) is 4. The summed E-state index contributed by atoms with van der Waals surface area (Å²) < 4.78 is 5.36. The number of ether oxygens (including phenoxy) is 1. The van der Waals surface area contributed by atoms with Crippen molar-refractivity contribution in [3.8, 4) is 5.75 Å². The molecule has 2 rings (SSSR count). The van der Waals surface area contributed by atoms with Crippen LogP contribution >= 0.6 is 0 Å². The van der Waals surface area contributed by atoms with Crippen molar-refractivity contribution in [3.05, 3.63) is 48.3 Å². The predicted molar refractivity (Wildman–Crippen MR) is 88.6 cm³/mol. The molecule has 5 heteroatoms. The molecule has 0 saturated carbocycles. The molecule has 0 fully saturated rings. The molecule has 0 unspecified atom stereocenters. The van der Waals surface area contributed by atoms with Crippen LogP contribution in [0.2, 0.25) is 0 Å². The maximum Gasteiger partial charge on any atom is 0.274 e. The lowest BCUT2D eigenvalue weighted by atomic mass is 10.2. The lowest BCUT2D eigenvalue weighted by Crippen LogP contribution is -2.14. The number of rotatable bonds is 6. The second-order valence-corrected chi connectivity index (χ2v) is 5.14. The van der Waals surface area contributed by atoms with Crippen LogP contribution in [0.5, 0.6) is 5.75 Å². The minimum atomic E-state index is -0.236. The van der Waals surface area contributed by atoms with E-state index in [4.69, 9.17) is 4.74 Å². The van der Waals surface area contributed by atoms with Gasteiger partial charge in [0.2, 0.25) is 0 Å². The van der Waals surface area contributed by atoms with Gasteiger partial charge in [-0.3, -0.25) is 4.79 Å². The minimum absolute atomic E-state index is 0.236. The number of anilines is 2. The van der Waals surface area contributed by atoms with Gasteiger partial charge in [0.05, 0.1) is 18.5 Å². The Morgan fingerprint density at radius 1 is 1.14 bits per heavy atom. The lowest BCUT2D eigenvalue weighted by Gasteiger charge is -2.10. The fourth-order valence-electron chi connectivity index (χ4n) is 1.94. The van der Waals surface area contributed by atoms with E-state index in [1.807, 2.05) is 39.0 Å². The summed E-state index contributed by atoms with van der Waals surface area (Å²) >= 11 is 0. The Morgan fingerprint density at radius 2 is 1.82 bits per heavy atom. The quantitative estimate of drug-likeness (QED) is 0.856. The number of aromatic nitrogens is 1. The molecule has 5 nitrogen and oxygen atoms in total. The van der Waals surface area contributed by atoms with Crippen molar-refractivity contribution >= 4 is 17.3 Å². The number of pyridine rings is 1. The number of hydrogen-bond donors (Lipinski definition) is 2. The average molecular weight is 299 g/mol. The SMILES string of the molecule is CCOc1ccc(NC(=O)c2ccc(NC(C)C)cn2)cc1. The zero-order valence-corrected chi connectivity index (χ0v) is 13.1. The minimum Gasteiger partial charge on any atom is -0.494 e. The van der Waals surface area contributed by atoms with Gasteiger partial charge in [-0.2, -0.15) is 0 Å². The van der Waals surface area contributed by atoms with Gasteiger partial charge in [0.25, 0.3) is 5.91 Å². The Bertz CT molecular complexity index is 607. The molecule has 0 spiro atoms. The molecular formula is C17H21N3O2. The van der Waals surface area contributed by atoms with Crippen molar-refractivity contribution in [3.63, 3.8) is 0 Å². The zero-order valence-electron chi connectivity index (χ0n) is 13.1. The van der Waals surface area contributed by atoms with E-state index in [2.05, 4.69) is 15.6 Å². The van der Waals surface area contributed by atoms with E-state index >= 15 is 0 Å². The van der Waals surface area contributed by atoms with Gasteiger partial charge in [-0.05, 0) is 57.2 Å². The van der Waals surface area contributed by atoms with Crippen molar-refractivity contribution in [2.24, 2.45) is 0 Å². The van der Waals surface area contributed by atoms with Crippen molar-refractivity contribution in [2.75, 3.05) is 17.2 Å². The van der Waals surface area contributed by atoms with Gasteiger partial charge in [0.1, 0.15) is 11.4 Å². The maximum absolute atomic E-state index is 12.1. The Balaban J connectivity index is 1.99. The molecule has 2 aromatic rings. The molecule has 2 N–H and O–H groups in total.